The number of carbonyl (C=O) groups excluding carboxylic acids is 1. The smallest absolute Gasteiger partial charge is 0.367 e. The maximum absolute atomic E-state index is 13.0. The molecule has 2 aromatic rings. The normalized spacial score (nSPS) is 13.0. The number of hydrogen-bond donors (Lipinski definition) is 1. The average molecular weight is 331 g/mol. The van der Waals surface area contributed by atoms with E-state index in [9.17, 15) is 18.0 Å². The number of anilines is 1. The quantitative estimate of drug-likeness (QED) is 0.934. The van der Waals surface area contributed by atoms with Crippen molar-refractivity contribution in [1.82, 2.24) is 9.36 Å². The number of carbonyl (C=O) groups is 1. The molecule has 1 unspecified atom stereocenters. The summed E-state index contributed by atoms with van der Waals surface area (Å²) in [5.41, 5.74) is -1.17. The molecule has 1 amide bonds. The van der Waals surface area contributed by atoms with E-state index in [0.717, 1.165) is 17.6 Å². The number of aromatic nitrogens is 2. The minimum Gasteiger partial charge on any atom is -0.367 e. The minimum atomic E-state index is -4.58. The summed E-state index contributed by atoms with van der Waals surface area (Å²) in [4.78, 5) is 16.1. The van der Waals surface area contributed by atoms with Crippen molar-refractivity contribution in [2.45, 2.75) is 19.2 Å². The second-order valence-corrected chi connectivity index (χ2v) is 5.09. The van der Waals surface area contributed by atoms with Crippen molar-refractivity contribution in [3.05, 3.63) is 41.2 Å². The summed E-state index contributed by atoms with van der Waals surface area (Å²) in [7, 11) is 1.17. The van der Waals surface area contributed by atoms with E-state index in [2.05, 4.69) is 14.7 Å². The number of aryl methyl sites for hydroxylation is 1. The first kappa shape index (κ1) is 16.4. The second-order valence-electron chi connectivity index (χ2n) is 4.34. The van der Waals surface area contributed by atoms with Gasteiger partial charge in [-0.1, -0.05) is 18.2 Å². The molecule has 5 nitrogen and oxygen atoms in total. The molecule has 22 heavy (non-hydrogen) atoms. The van der Waals surface area contributed by atoms with Gasteiger partial charge in [0.2, 0.25) is 5.13 Å². The van der Waals surface area contributed by atoms with Crippen LogP contribution in [0.4, 0.5) is 18.3 Å². The van der Waals surface area contributed by atoms with Crippen LogP contribution in [0.5, 0.6) is 0 Å². The van der Waals surface area contributed by atoms with Gasteiger partial charge in [0.25, 0.3) is 5.91 Å². The topological polar surface area (TPSA) is 64.1 Å². The van der Waals surface area contributed by atoms with Crippen molar-refractivity contribution in [2.75, 3.05) is 12.4 Å². The molecule has 0 fully saturated rings. The lowest BCUT2D eigenvalue weighted by Crippen LogP contribution is -2.25. The van der Waals surface area contributed by atoms with Gasteiger partial charge in [-0.3, -0.25) is 10.1 Å². The summed E-state index contributed by atoms with van der Waals surface area (Å²) in [5, 5.41) is 2.61. The van der Waals surface area contributed by atoms with Crippen LogP contribution in [0, 0.1) is 6.92 Å². The van der Waals surface area contributed by atoms with E-state index in [0.29, 0.717) is 5.82 Å². The number of ether oxygens (including phenoxy) is 1. The molecule has 2 rings (SSSR count). The third-order valence-electron chi connectivity index (χ3n) is 2.78. The van der Waals surface area contributed by atoms with Crippen LogP contribution in [-0.4, -0.2) is 22.4 Å². The predicted molar refractivity (Wildman–Crippen MR) is 74.5 cm³/mol. The van der Waals surface area contributed by atoms with Crippen LogP contribution in [0.25, 0.3) is 0 Å². The third-order valence-corrected chi connectivity index (χ3v) is 3.50. The second kappa shape index (κ2) is 6.41. The van der Waals surface area contributed by atoms with Crippen molar-refractivity contribution in [3.63, 3.8) is 0 Å². The molecular formula is C13H12F3N3O2S. The van der Waals surface area contributed by atoms with E-state index in [1.165, 1.54) is 25.3 Å². The Morgan fingerprint density at radius 1 is 1.36 bits per heavy atom. The summed E-state index contributed by atoms with van der Waals surface area (Å²) >= 11 is 0.940. The van der Waals surface area contributed by atoms with Crippen LogP contribution in [0.15, 0.2) is 24.3 Å². The molecule has 0 saturated heterocycles. The summed E-state index contributed by atoms with van der Waals surface area (Å²) in [6, 6.07) is 4.79. The van der Waals surface area contributed by atoms with E-state index >= 15 is 0 Å². The van der Waals surface area contributed by atoms with Gasteiger partial charge in [-0.25, -0.2) is 4.98 Å². The lowest BCUT2D eigenvalue weighted by Gasteiger charge is -2.19. The first-order valence-electron chi connectivity index (χ1n) is 6.13. The van der Waals surface area contributed by atoms with Gasteiger partial charge in [-0.05, 0) is 13.0 Å². The van der Waals surface area contributed by atoms with Crippen LogP contribution in [0.3, 0.4) is 0 Å². The molecule has 1 aromatic heterocycles. The maximum Gasteiger partial charge on any atom is 0.416 e. The van der Waals surface area contributed by atoms with Gasteiger partial charge < -0.3 is 4.74 Å². The number of alkyl halides is 3. The highest BCUT2D eigenvalue weighted by Crippen LogP contribution is 2.35. The molecule has 0 aliphatic heterocycles. The van der Waals surface area contributed by atoms with Gasteiger partial charge in [0.1, 0.15) is 5.82 Å². The highest BCUT2D eigenvalue weighted by Gasteiger charge is 2.37. The summed E-state index contributed by atoms with van der Waals surface area (Å²) < 4.78 is 47.9. The Hall–Kier alpha value is -2.00. The van der Waals surface area contributed by atoms with E-state index in [1.807, 2.05) is 0 Å². The lowest BCUT2D eigenvalue weighted by molar-refractivity contribution is -0.140. The molecule has 9 heteroatoms. The van der Waals surface area contributed by atoms with Gasteiger partial charge in [-0.2, -0.15) is 17.5 Å². The van der Waals surface area contributed by atoms with Gasteiger partial charge in [0.05, 0.1) is 5.56 Å². The molecule has 0 bridgehead atoms. The predicted octanol–water partition coefficient (Wildman–Crippen LogP) is 3.19. The zero-order valence-electron chi connectivity index (χ0n) is 11.6. The Morgan fingerprint density at radius 3 is 2.59 bits per heavy atom. The van der Waals surface area contributed by atoms with Crippen molar-refractivity contribution in [2.24, 2.45) is 0 Å². The van der Waals surface area contributed by atoms with E-state index in [1.54, 1.807) is 6.92 Å². The van der Waals surface area contributed by atoms with E-state index in [-0.39, 0.29) is 10.7 Å². The highest BCUT2D eigenvalue weighted by atomic mass is 32.1. The molecule has 0 radical (unpaired) electrons. The molecule has 0 aliphatic rings. The number of nitrogens with one attached hydrogen (secondary N) is 1. The Morgan fingerprint density at radius 2 is 2.05 bits per heavy atom. The van der Waals surface area contributed by atoms with Gasteiger partial charge in [0, 0.05) is 24.2 Å². The number of benzene rings is 1. The van der Waals surface area contributed by atoms with Crippen molar-refractivity contribution >= 4 is 22.6 Å². The number of nitrogens with zero attached hydrogens (tertiary/aromatic N) is 2. The van der Waals surface area contributed by atoms with Gasteiger partial charge >= 0.3 is 6.18 Å². The number of amides is 1. The summed E-state index contributed by atoms with van der Waals surface area (Å²) in [5.74, 6) is -0.277. The first-order valence-corrected chi connectivity index (χ1v) is 6.90. The van der Waals surface area contributed by atoms with Crippen LogP contribution in [-0.2, 0) is 15.7 Å². The zero-order valence-corrected chi connectivity index (χ0v) is 12.5. The summed E-state index contributed by atoms with van der Waals surface area (Å²) in [6.07, 6.45) is -5.98. The van der Waals surface area contributed by atoms with Crippen molar-refractivity contribution < 1.29 is 22.7 Å². The monoisotopic (exact) mass is 331 g/mol. The molecule has 1 atom stereocenters. The first-order chi connectivity index (χ1) is 10.3. The van der Waals surface area contributed by atoms with Crippen LogP contribution < -0.4 is 5.32 Å². The Kier molecular flexibility index (Phi) is 4.77. The fourth-order valence-corrected chi connectivity index (χ4v) is 2.46. The highest BCUT2D eigenvalue weighted by molar-refractivity contribution is 7.09. The Labute approximate surface area is 128 Å². The van der Waals surface area contributed by atoms with Crippen molar-refractivity contribution in [3.8, 4) is 0 Å². The molecule has 118 valence electrons. The van der Waals surface area contributed by atoms with Crippen LogP contribution in [0.2, 0.25) is 0 Å². The van der Waals surface area contributed by atoms with Gasteiger partial charge in [-0.15, -0.1) is 0 Å². The van der Waals surface area contributed by atoms with Crippen LogP contribution in [0.1, 0.15) is 23.1 Å². The largest absolute Gasteiger partial charge is 0.416 e. The number of halogens is 3. The fourth-order valence-electron chi connectivity index (χ4n) is 1.88. The maximum atomic E-state index is 13.0. The molecule has 1 heterocycles. The number of rotatable bonds is 4. The van der Waals surface area contributed by atoms with Gasteiger partial charge in [0.15, 0.2) is 6.10 Å². The fraction of sp³-hybridized carbons (Fsp3) is 0.308. The number of hydrogen-bond acceptors (Lipinski definition) is 5. The SMILES string of the molecule is COC(C(=O)Nc1nc(C)ns1)c1ccccc1C(F)(F)F. The van der Waals surface area contributed by atoms with Crippen molar-refractivity contribution in [1.29, 1.82) is 0 Å². The summed E-state index contributed by atoms with van der Waals surface area (Å²) in [6.45, 7) is 1.64. The standard InChI is InChI=1S/C13H12F3N3O2S/c1-7-17-12(22-19-7)18-11(20)10(21-2)8-5-3-4-6-9(8)13(14,15)16/h3-6,10H,1-2H3,(H,17,18,19,20). The lowest BCUT2D eigenvalue weighted by atomic mass is 10.0. The van der Waals surface area contributed by atoms with Crippen LogP contribution >= 0.6 is 11.5 Å². The Bertz CT molecular complexity index is 673. The molecule has 0 saturated carbocycles. The third kappa shape index (κ3) is 3.60. The Balaban J connectivity index is 2.30. The molecule has 1 aromatic carbocycles. The molecule has 0 aliphatic carbocycles. The average Bonchev–Trinajstić information content (AvgIpc) is 2.84. The minimum absolute atomic E-state index is 0.203. The molecule has 0 spiro atoms. The molecule has 1 N–H and O–H groups in total. The number of methoxy groups -OCH3 is 1. The van der Waals surface area contributed by atoms with E-state index in [4.69, 9.17) is 4.74 Å². The van der Waals surface area contributed by atoms with E-state index < -0.39 is 23.8 Å². The molecular weight excluding hydrogens is 319 g/mol. The zero-order chi connectivity index (χ0) is 16.3.